The standard InChI is InChI=1S/C23H16ClF6N5O3/c1-10(38-15-8-33-34-21(36)17(15)23(28,29)30)4-13(25)9-35-3-2-11-5-14(20-31-6-12(24)7-32-20)18(26)19(27)16(11)22(35)37/h2-3,5-8,10,13H,4,9H2,1H3,(H,34,36). The van der Waals surface area contributed by atoms with E-state index in [-0.39, 0.29) is 21.8 Å². The fourth-order valence-electron chi connectivity index (χ4n) is 3.79. The molecule has 4 rings (SSSR count). The molecule has 0 aliphatic rings. The number of ether oxygens (including phenoxy) is 1. The van der Waals surface area contributed by atoms with Gasteiger partial charge in [-0.2, -0.15) is 18.3 Å². The number of H-pyrrole nitrogens is 1. The van der Waals surface area contributed by atoms with E-state index in [0.29, 0.717) is 6.20 Å². The second-order valence-electron chi connectivity index (χ2n) is 8.21. The van der Waals surface area contributed by atoms with Crippen LogP contribution in [0.3, 0.4) is 0 Å². The molecule has 3 aromatic heterocycles. The zero-order valence-electron chi connectivity index (χ0n) is 19.2. The number of nitrogens with one attached hydrogen (secondary N) is 1. The van der Waals surface area contributed by atoms with Gasteiger partial charge in [-0.1, -0.05) is 11.6 Å². The van der Waals surface area contributed by atoms with Crippen molar-refractivity contribution in [3.8, 4) is 17.1 Å². The number of rotatable bonds is 7. The number of aromatic amines is 1. The van der Waals surface area contributed by atoms with Crippen LogP contribution in [0.1, 0.15) is 18.9 Å². The Morgan fingerprint density at radius 1 is 1.13 bits per heavy atom. The molecular formula is C23H16ClF6N5O3. The van der Waals surface area contributed by atoms with Gasteiger partial charge in [0.05, 0.1) is 34.8 Å². The molecule has 4 aromatic rings. The van der Waals surface area contributed by atoms with E-state index < -0.39 is 70.9 Å². The Labute approximate surface area is 213 Å². The molecule has 1 aromatic carbocycles. The van der Waals surface area contributed by atoms with E-state index in [2.05, 4.69) is 15.1 Å². The highest BCUT2D eigenvalue weighted by molar-refractivity contribution is 6.30. The Balaban J connectivity index is 1.55. The first-order chi connectivity index (χ1) is 17.9. The SMILES string of the molecule is CC(CC(F)Cn1ccc2cc(-c3ncc(Cl)cn3)c(F)c(F)c2c1=O)Oc1cn[nH]c(=O)c1C(F)(F)F. The highest BCUT2D eigenvalue weighted by Gasteiger charge is 2.38. The Morgan fingerprint density at radius 2 is 1.82 bits per heavy atom. The minimum Gasteiger partial charge on any atom is -0.488 e. The zero-order chi connectivity index (χ0) is 27.8. The van der Waals surface area contributed by atoms with Crippen molar-refractivity contribution in [1.82, 2.24) is 24.7 Å². The van der Waals surface area contributed by atoms with E-state index in [0.717, 1.165) is 10.8 Å². The molecule has 0 fully saturated rings. The number of nitrogens with zero attached hydrogens (tertiary/aromatic N) is 4. The average molecular weight is 560 g/mol. The Bertz CT molecular complexity index is 1610. The zero-order valence-corrected chi connectivity index (χ0v) is 19.9. The molecule has 2 atom stereocenters. The van der Waals surface area contributed by atoms with Crippen LogP contribution in [-0.4, -0.2) is 37.0 Å². The smallest absolute Gasteiger partial charge is 0.425 e. The van der Waals surface area contributed by atoms with Gasteiger partial charge < -0.3 is 9.30 Å². The molecule has 0 radical (unpaired) electrons. The molecule has 15 heteroatoms. The van der Waals surface area contributed by atoms with Crippen molar-refractivity contribution in [3.05, 3.63) is 79.8 Å². The van der Waals surface area contributed by atoms with E-state index >= 15 is 0 Å². The number of alkyl halides is 4. The molecule has 0 saturated heterocycles. The number of hydrogen-bond acceptors (Lipinski definition) is 6. The fraction of sp³-hybridized carbons (Fsp3) is 0.261. The van der Waals surface area contributed by atoms with Gasteiger partial charge in [0.25, 0.3) is 11.1 Å². The Kier molecular flexibility index (Phi) is 7.44. The Hall–Kier alpha value is -3.94. The monoisotopic (exact) mass is 559 g/mol. The first-order valence-electron chi connectivity index (χ1n) is 10.8. The summed E-state index contributed by atoms with van der Waals surface area (Å²) in [6.07, 6.45) is -4.40. The second kappa shape index (κ2) is 10.4. The summed E-state index contributed by atoms with van der Waals surface area (Å²) in [7, 11) is 0. The molecule has 1 N–H and O–H groups in total. The predicted octanol–water partition coefficient (Wildman–Crippen LogP) is 4.69. The number of aromatic nitrogens is 5. The van der Waals surface area contributed by atoms with Crippen molar-refractivity contribution in [2.75, 3.05) is 0 Å². The second-order valence-corrected chi connectivity index (χ2v) is 8.65. The third-order valence-corrected chi connectivity index (χ3v) is 5.62. The lowest BCUT2D eigenvalue weighted by Crippen LogP contribution is -2.29. The first kappa shape index (κ1) is 27.1. The van der Waals surface area contributed by atoms with Gasteiger partial charge in [-0.05, 0) is 24.4 Å². The van der Waals surface area contributed by atoms with E-state index in [9.17, 15) is 35.9 Å². The van der Waals surface area contributed by atoms with Crippen LogP contribution in [0, 0.1) is 11.6 Å². The van der Waals surface area contributed by atoms with Gasteiger partial charge in [-0.15, -0.1) is 0 Å². The number of hydrogen-bond donors (Lipinski definition) is 1. The summed E-state index contributed by atoms with van der Waals surface area (Å²) in [5, 5.41) is 4.46. The minimum atomic E-state index is -5.04. The molecule has 8 nitrogen and oxygen atoms in total. The quantitative estimate of drug-likeness (QED) is 0.330. The van der Waals surface area contributed by atoms with Crippen molar-refractivity contribution >= 4 is 22.4 Å². The summed E-state index contributed by atoms with van der Waals surface area (Å²) in [4.78, 5) is 32.1. The maximum atomic E-state index is 14.9. The molecule has 3 heterocycles. The van der Waals surface area contributed by atoms with Gasteiger partial charge >= 0.3 is 6.18 Å². The van der Waals surface area contributed by atoms with Gasteiger partial charge in [-0.3, -0.25) is 9.59 Å². The maximum absolute atomic E-state index is 14.9. The van der Waals surface area contributed by atoms with E-state index in [1.54, 1.807) is 5.10 Å². The summed E-state index contributed by atoms with van der Waals surface area (Å²) in [6.45, 7) is 0.623. The van der Waals surface area contributed by atoms with Crippen LogP contribution in [0.15, 0.2) is 46.5 Å². The molecule has 0 saturated carbocycles. The third-order valence-electron chi connectivity index (χ3n) is 5.42. The lowest BCUT2D eigenvalue weighted by molar-refractivity contribution is -0.140. The lowest BCUT2D eigenvalue weighted by atomic mass is 10.1. The van der Waals surface area contributed by atoms with Crippen LogP contribution in [0.4, 0.5) is 26.3 Å². The van der Waals surface area contributed by atoms with Crippen LogP contribution < -0.4 is 15.9 Å². The number of fused-ring (bicyclic) bond motifs is 1. The van der Waals surface area contributed by atoms with Crippen LogP contribution in [0.25, 0.3) is 22.2 Å². The number of pyridine rings is 1. The molecule has 0 amide bonds. The van der Waals surface area contributed by atoms with Crippen molar-refractivity contribution in [2.24, 2.45) is 0 Å². The molecule has 0 aliphatic carbocycles. The Morgan fingerprint density at radius 3 is 2.47 bits per heavy atom. The van der Waals surface area contributed by atoms with Crippen molar-refractivity contribution in [2.45, 2.75) is 38.3 Å². The largest absolute Gasteiger partial charge is 0.488 e. The number of benzene rings is 1. The normalized spacial score (nSPS) is 13.5. The maximum Gasteiger partial charge on any atom is 0.425 e. The molecule has 38 heavy (non-hydrogen) atoms. The van der Waals surface area contributed by atoms with Crippen LogP contribution in [0.2, 0.25) is 5.02 Å². The van der Waals surface area contributed by atoms with Crippen LogP contribution in [-0.2, 0) is 12.7 Å². The molecule has 2 unspecified atom stereocenters. The van der Waals surface area contributed by atoms with Gasteiger partial charge in [0, 0.05) is 25.0 Å². The van der Waals surface area contributed by atoms with Crippen molar-refractivity contribution in [1.29, 1.82) is 0 Å². The number of halogens is 7. The first-order valence-corrected chi connectivity index (χ1v) is 11.2. The summed E-state index contributed by atoms with van der Waals surface area (Å²) >= 11 is 5.71. The van der Waals surface area contributed by atoms with E-state index in [1.807, 2.05) is 0 Å². The molecule has 0 aliphatic heterocycles. The molecule has 200 valence electrons. The van der Waals surface area contributed by atoms with Gasteiger partial charge in [0.1, 0.15) is 6.17 Å². The summed E-state index contributed by atoms with van der Waals surface area (Å²) in [6, 6.07) is 2.43. The van der Waals surface area contributed by atoms with Crippen LogP contribution >= 0.6 is 11.6 Å². The summed E-state index contributed by atoms with van der Waals surface area (Å²) < 4.78 is 89.9. The summed E-state index contributed by atoms with van der Waals surface area (Å²) in [5.74, 6) is -3.93. The highest BCUT2D eigenvalue weighted by Crippen LogP contribution is 2.33. The van der Waals surface area contributed by atoms with Crippen molar-refractivity contribution in [3.63, 3.8) is 0 Å². The van der Waals surface area contributed by atoms with Gasteiger partial charge in [-0.25, -0.2) is 28.2 Å². The molecule has 0 spiro atoms. The predicted molar refractivity (Wildman–Crippen MR) is 124 cm³/mol. The average Bonchev–Trinajstić information content (AvgIpc) is 2.82. The van der Waals surface area contributed by atoms with Gasteiger partial charge in [0.2, 0.25) is 0 Å². The minimum absolute atomic E-state index is 0.00675. The molecule has 0 bridgehead atoms. The summed E-state index contributed by atoms with van der Waals surface area (Å²) in [5.41, 5.74) is -4.49. The third kappa shape index (κ3) is 5.49. The van der Waals surface area contributed by atoms with Crippen LogP contribution in [0.5, 0.6) is 5.75 Å². The van der Waals surface area contributed by atoms with E-state index in [4.69, 9.17) is 16.3 Å². The lowest BCUT2D eigenvalue weighted by Gasteiger charge is -2.19. The molecular weight excluding hydrogens is 544 g/mol. The van der Waals surface area contributed by atoms with Crippen molar-refractivity contribution < 1.29 is 31.1 Å². The highest BCUT2D eigenvalue weighted by atomic mass is 35.5. The topological polar surface area (TPSA) is 103 Å². The van der Waals surface area contributed by atoms with E-state index in [1.165, 1.54) is 31.5 Å². The fourth-order valence-corrected chi connectivity index (χ4v) is 3.88. The van der Waals surface area contributed by atoms with Gasteiger partial charge in [0.15, 0.2) is 28.8 Å².